The quantitative estimate of drug-likeness (QED) is 0.484. The van der Waals surface area contributed by atoms with Gasteiger partial charge in [0.15, 0.2) is 5.16 Å². The molecular weight excluding hydrogens is 370 g/mol. The van der Waals surface area contributed by atoms with Crippen LogP contribution >= 0.6 is 11.8 Å². The number of nitrogens with zero attached hydrogens (tertiary/aromatic N) is 3. The van der Waals surface area contributed by atoms with Crippen LogP contribution in [0.1, 0.15) is 28.8 Å². The minimum absolute atomic E-state index is 0.299. The fourth-order valence-corrected chi connectivity index (χ4v) is 4.04. The van der Waals surface area contributed by atoms with Gasteiger partial charge in [-0.2, -0.15) is 0 Å². The number of anilines is 1. The summed E-state index contributed by atoms with van der Waals surface area (Å²) in [6, 6.07) is 19.2. The Hall–Kier alpha value is -2.86. The van der Waals surface area contributed by atoms with Crippen LogP contribution in [0.3, 0.4) is 0 Å². The molecule has 0 saturated carbocycles. The average molecular weight is 391 g/mol. The van der Waals surface area contributed by atoms with Crippen LogP contribution in [0.4, 0.5) is 5.82 Å². The van der Waals surface area contributed by atoms with E-state index in [0.717, 1.165) is 40.9 Å². The number of thioether (sulfide) groups is 1. The largest absolute Gasteiger partial charge is 0.478 e. The number of rotatable bonds is 6. The van der Waals surface area contributed by atoms with Gasteiger partial charge < -0.3 is 10.0 Å². The first-order valence-electron chi connectivity index (χ1n) is 9.33. The van der Waals surface area contributed by atoms with Crippen molar-refractivity contribution in [2.45, 2.75) is 23.8 Å². The van der Waals surface area contributed by atoms with E-state index >= 15 is 0 Å². The number of aromatic nitrogens is 2. The number of benzene rings is 2. The molecular formula is C22H21N3O2S. The Morgan fingerprint density at radius 2 is 1.71 bits per heavy atom. The second kappa shape index (κ2) is 8.44. The van der Waals surface area contributed by atoms with Crippen molar-refractivity contribution in [3.05, 3.63) is 71.8 Å². The molecule has 2 aromatic carbocycles. The molecule has 3 aromatic rings. The van der Waals surface area contributed by atoms with Crippen LogP contribution in [0.2, 0.25) is 0 Å². The molecule has 1 saturated heterocycles. The van der Waals surface area contributed by atoms with Crippen molar-refractivity contribution in [1.82, 2.24) is 9.97 Å². The van der Waals surface area contributed by atoms with Gasteiger partial charge in [0.05, 0.1) is 11.3 Å². The van der Waals surface area contributed by atoms with E-state index in [1.807, 2.05) is 30.3 Å². The van der Waals surface area contributed by atoms with Crippen LogP contribution < -0.4 is 4.90 Å². The first-order valence-corrected chi connectivity index (χ1v) is 10.3. The second-order valence-corrected chi connectivity index (χ2v) is 7.69. The Morgan fingerprint density at radius 1 is 1.00 bits per heavy atom. The topological polar surface area (TPSA) is 66.3 Å². The summed E-state index contributed by atoms with van der Waals surface area (Å²) in [5.41, 5.74) is 3.36. The van der Waals surface area contributed by atoms with Gasteiger partial charge in [0.2, 0.25) is 0 Å². The monoisotopic (exact) mass is 391 g/mol. The van der Waals surface area contributed by atoms with Gasteiger partial charge in [-0.25, -0.2) is 14.8 Å². The minimum atomic E-state index is -0.909. The third-order valence-corrected chi connectivity index (χ3v) is 5.68. The zero-order valence-corrected chi connectivity index (χ0v) is 16.2. The van der Waals surface area contributed by atoms with Crippen LogP contribution in [0.25, 0.3) is 11.3 Å². The molecule has 0 amide bonds. The van der Waals surface area contributed by atoms with Gasteiger partial charge in [0.25, 0.3) is 0 Å². The molecule has 0 aliphatic carbocycles. The van der Waals surface area contributed by atoms with Crippen molar-refractivity contribution < 1.29 is 9.90 Å². The normalized spacial score (nSPS) is 13.6. The lowest BCUT2D eigenvalue weighted by molar-refractivity contribution is 0.0697. The predicted octanol–water partition coefficient (Wildman–Crippen LogP) is 4.73. The highest BCUT2D eigenvalue weighted by Crippen LogP contribution is 2.28. The summed E-state index contributed by atoms with van der Waals surface area (Å²) in [5.74, 6) is 0.765. The first-order chi connectivity index (χ1) is 13.7. The van der Waals surface area contributed by atoms with E-state index in [1.165, 1.54) is 12.8 Å². The van der Waals surface area contributed by atoms with Crippen LogP contribution in [0.5, 0.6) is 0 Å². The van der Waals surface area contributed by atoms with Gasteiger partial charge >= 0.3 is 5.97 Å². The van der Waals surface area contributed by atoms with Gasteiger partial charge in [-0.1, -0.05) is 54.2 Å². The lowest BCUT2D eigenvalue weighted by atomic mass is 10.1. The number of hydrogen-bond donors (Lipinski definition) is 1. The van der Waals surface area contributed by atoms with Crippen LogP contribution in [-0.4, -0.2) is 34.1 Å². The van der Waals surface area contributed by atoms with E-state index < -0.39 is 5.97 Å². The summed E-state index contributed by atoms with van der Waals surface area (Å²) >= 11 is 1.57. The van der Waals surface area contributed by atoms with Crippen molar-refractivity contribution in [2.24, 2.45) is 0 Å². The van der Waals surface area contributed by atoms with Gasteiger partial charge in [-0.05, 0) is 30.5 Å². The summed E-state index contributed by atoms with van der Waals surface area (Å²) in [7, 11) is 0. The molecule has 1 aliphatic heterocycles. The molecule has 1 aliphatic rings. The maximum Gasteiger partial charge on any atom is 0.335 e. The Kier molecular flexibility index (Phi) is 5.58. The maximum atomic E-state index is 11.0. The molecule has 0 radical (unpaired) electrons. The summed E-state index contributed by atoms with van der Waals surface area (Å²) in [5, 5.41) is 9.77. The Morgan fingerprint density at radius 3 is 2.39 bits per heavy atom. The lowest BCUT2D eigenvalue weighted by Crippen LogP contribution is -2.19. The van der Waals surface area contributed by atoms with Gasteiger partial charge in [0.1, 0.15) is 5.82 Å². The fraction of sp³-hybridized carbons (Fsp3) is 0.227. The van der Waals surface area contributed by atoms with Crippen LogP contribution in [0.15, 0.2) is 65.8 Å². The molecule has 2 heterocycles. The van der Waals surface area contributed by atoms with Crippen molar-refractivity contribution in [1.29, 1.82) is 0 Å². The lowest BCUT2D eigenvalue weighted by Gasteiger charge is -2.18. The number of carbonyl (C=O) groups is 1. The Labute approximate surface area is 168 Å². The summed E-state index contributed by atoms with van der Waals surface area (Å²) < 4.78 is 0. The molecule has 1 fully saturated rings. The van der Waals surface area contributed by atoms with E-state index in [1.54, 1.807) is 23.9 Å². The van der Waals surface area contributed by atoms with Crippen LogP contribution in [0, 0.1) is 0 Å². The van der Waals surface area contributed by atoms with Crippen molar-refractivity contribution in [2.75, 3.05) is 18.0 Å². The zero-order valence-electron chi connectivity index (χ0n) is 15.4. The summed E-state index contributed by atoms with van der Waals surface area (Å²) in [4.78, 5) is 22.9. The molecule has 0 spiro atoms. The standard InChI is InChI=1S/C22H21N3O2S/c26-21(27)18-10-8-16(9-11-18)15-28-22-23-19(17-6-2-1-3-7-17)14-20(24-22)25-12-4-5-13-25/h1-3,6-11,14H,4-5,12-13,15H2,(H,26,27). The van der Waals surface area contributed by atoms with Gasteiger partial charge in [-0.3, -0.25) is 0 Å². The van der Waals surface area contributed by atoms with E-state index in [4.69, 9.17) is 15.1 Å². The number of aromatic carboxylic acids is 1. The highest BCUT2D eigenvalue weighted by molar-refractivity contribution is 7.98. The smallest absolute Gasteiger partial charge is 0.335 e. The molecule has 5 nitrogen and oxygen atoms in total. The van der Waals surface area contributed by atoms with Crippen LogP contribution in [-0.2, 0) is 5.75 Å². The first kappa shape index (κ1) is 18.5. The van der Waals surface area contributed by atoms with Gasteiger partial charge in [0, 0.05) is 30.5 Å². The maximum absolute atomic E-state index is 11.0. The molecule has 1 aromatic heterocycles. The molecule has 0 bridgehead atoms. The molecule has 28 heavy (non-hydrogen) atoms. The fourth-order valence-electron chi connectivity index (χ4n) is 3.23. The minimum Gasteiger partial charge on any atom is -0.478 e. The Bertz CT molecular complexity index is 955. The van der Waals surface area contributed by atoms with E-state index in [9.17, 15) is 4.79 Å². The molecule has 142 valence electrons. The third-order valence-electron chi connectivity index (χ3n) is 4.76. The molecule has 0 unspecified atom stereocenters. The molecule has 4 rings (SSSR count). The highest BCUT2D eigenvalue weighted by atomic mass is 32.2. The van der Waals surface area contributed by atoms with Crippen molar-refractivity contribution >= 4 is 23.5 Å². The average Bonchev–Trinajstić information content (AvgIpc) is 3.28. The highest BCUT2D eigenvalue weighted by Gasteiger charge is 2.16. The number of carboxylic acid groups (broad SMARTS) is 1. The summed E-state index contributed by atoms with van der Waals surface area (Å²) in [6.45, 7) is 2.07. The van der Waals surface area contributed by atoms with Crippen molar-refractivity contribution in [3.63, 3.8) is 0 Å². The Balaban J connectivity index is 1.58. The van der Waals surface area contributed by atoms with Gasteiger partial charge in [-0.15, -0.1) is 0 Å². The van der Waals surface area contributed by atoms with E-state index in [-0.39, 0.29) is 0 Å². The summed E-state index contributed by atoms with van der Waals surface area (Å²) in [6.07, 6.45) is 2.39. The SMILES string of the molecule is O=C(O)c1ccc(CSc2nc(-c3ccccc3)cc(N3CCCC3)n2)cc1. The molecule has 6 heteroatoms. The zero-order chi connectivity index (χ0) is 19.3. The predicted molar refractivity (Wildman–Crippen MR) is 112 cm³/mol. The van der Waals surface area contributed by atoms with Crippen molar-refractivity contribution in [3.8, 4) is 11.3 Å². The third kappa shape index (κ3) is 4.34. The van der Waals surface area contributed by atoms with E-state index in [2.05, 4.69) is 23.1 Å². The molecule has 1 N–H and O–H groups in total. The molecule has 0 atom stereocenters. The second-order valence-electron chi connectivity index (χ2n) is 6.74. The number of carboxylic acids is 1. The number of hydrogen-bond acceptors (Lipinski definition) is 5. The van der Waals surface area contributed by atoms with E-state index in [0.29, 0.717) is 11.3 Å².